The van der Waals surface area contributed by atoms with Gasteiger partial charge in [-0.2, -0.15) is 0 Å². The SMILES string of the molecule is CCN(CC)CCOC1CCN(C(=O)c2cccc3cccnc23)C1. The maximum Gasteiger partial charge on any atom is 0.256 e. The highest BCUT2D eigenvalue weighted by Crippen LogP contribution is 2.21. The predicted molar refractivity (Wildman–Crippen MR) is 99.8 cm³/mol. The Bertz CT molecular complexity index is 710. The van der Waals surface area contributed by atoms with Crippen molar-refractivity contribution in [2.45, 2.75) is 26.4 Å². The number of para-hydroxylation sites is 1. The van der Waals surface area contributed by atoms with Crippen LogP contribution in [-0.4, -0.2) is 66.1 Å². The summed E-state index contributed by atoms with van der Waals surface area (Å²) in [5, 5.41) is 1.000. The van der Waals surface area contributed by atoms with E-state index >= 15 is 0 Å². The molecule has 2 heterocycles. The second kappa shape index (κ2) is 8.41. The molecule has 0 N–H and O–H groups in total. The average Bonchev–Trinajstić information content (AvgIpc) is 3.13. The zero-order chi connectivity index (χ0) is 17.6. The maximum absolute atomic E-state index is 12.9. The van der Waals surface area contributed by atoms with E-state index in [-0.39, 0.29) is 12.0 Å². The molecule has 1 aromatic carbocycles. The first-order valence-electron chi connectivity index (χ1n) is 9.20. The van der Waals surface area contributed by atoms with Gasteiger partial charge >= 0.3 is 0 Å². The minimum absolute atomic E-state index is 0.0548. The molecular weight excluding hydrogens is 314 g/mol. The number of likely N-dealkylation sites (tertiary alicyclic amines) is 1. The number of hydrogen-bond acceptors (Lipinski definition) is 4. The average molecular weight is 341 g/mol. The summed E-state index contributed by atoms with van der Waals surface area (Å²) in [5.41, 5.74) is 1.46. The number of pyridine rings is 1. The molecule has 134 valence electrons. The van der Waals surface area contributed by atoms with Gasteiger partial charge in [0.05, 0.1) is 23.8 Å². The number of carbonyl (C=O) groups excluding carboxylic acids is 1. The van der Waals surface area contributed by atoms with Gasteiger partial charge in [-0.3, -0.25) is 9.78 Å². The van der Waals surface area contributed by atoms with Gasteiger partial charge in [-0.25, -0.2) is 0 Å². The number of ether oxygens (including phenoxy) is 1. The van der Waals surface area contributed by atoms with Gasteiger partial charge in [-0.15, -0.1) is 0 Å². The fourth-order valence-corrected chi connectivity index (χ4v) is 3.38. The number of nitrogens with zero attached hydrogens (tertiary/aromatic N) is 3. The molecule has 2 aromatic rings. The molecule has 5 heteroatoms. The van der Waals surface area contributed by atoms with Crippen LogP contribution in [0.1, 0.15) is 30.6 Å². The Balaban J connectivity index is 1.59. The van der Waals surface area contributed by atoms with E-state index in [0.29, 0.717) is 12.1 Å². The molecule has 5 nitrogen and oxygen atoms in total. The van der Waals surface area contributed by atoms with E-state index in [0.717, 1.165) is 50.1 Å². The van der Waals surface area contributed by atoms with Crippen LogP contribution in [0.4, 0.5) is 0 Å². The third-order valence-electron chi connectivity index (χ3n) is 4.95. The lowest BCUT2D eigenvalue weighted by Gasteiger charge is -2.20. The fourth-order valence-electron chi connectivity index (χ4n) is 3.38. The summed E-state index contributed by atoms with van der Waals surface area (Å²) in [6.07, 6.45) is 2.78. The van der Waals surface area contributed by atoms with Gasteiger partial charge in [-0.1, -0.05) is 32.0 Å². The van der Waals surface area contributed by atoms with E-state index < -0.39 is 0 Å². The van der Waals surface area contributed by atoms with Crippen LogP contribution in [-0.2, 0) is 4.74 Å². The lowest BCUT2D eigenvalue weighted by atomic mass is 10.1. The van der Waals surface area contributed by atoms with E-state index in [9.17, 15) is 4.79 Å². The van der Waals surface area contributed by atoms with Gasteiger partial charge in [0.1, 0.15) is 0 Å². The van der Waals surface area contributed by atoms with Gasteiger partial charge in [0.2, 0.25) is 0 Å². The van der Waals surface area contributed by atoms with E-state index in [1.54, 1.807) is 6.20 Å². The van der Waals surface area contributed by atoms with Gasteiger partial charge in [-0.05, 0) is 31.6 Å². The molecule has 1 saturated heterocycles. The summed E-state index contributed by atoms with van der Waals surface area (Å²) in [5.74, 6) is 0.0548. The van der Waals surface area contributed by atoms with Crippen molar-refractivity contribution in [3.05, 3.63) is 42.1 Å². The number of amides is 1. The van der Waals surface area contributed by atoms with Crippen LogP contribution < -0.4 is 0 Å². The highest BCUT2D eigenvalue weighted by atomic mass is 16.5. The molecule has 0 radical (unpaired) electrons. The molecule has 1 unspecified atom stereocenters. The second-order valence-electron chi connectivity index (χ2n) is 6.44. The van der Waals surface area contributed by atoms with Crippen molar-refractivity contribution in [3.63, 3.8) is 0 Å². The van der Waals surface area contributed by atoms with Crippen molar-refractivity contribution in [1.29, 1.82) is 0 Å². The topological polar surface area (TPSA) is 45.7 Å². The van der Waals surface area contributed by atoms with Crippen molar-refractivity contribution < 1.29 is 9.53 Å². The summed E-state index contributed by atoms with van der Waals surface area (Å²) in [7, 11) is 0. The van der Waals surface area contributed by atoms with Crippen LogP contribution in [0.15, 0.2) is 36.5 Å². The summed E-state index contributed by atoms with van der Waals surface area (Å²) in [4.78, 5) is 21.5. The number of carbonyl (C=O) groups is 1. The Kier molecular flexibility index (Phi) is 6.00. The molecule has 25 heavy (non-hydrogen) atoms. The van der Waals surface area contributed by atoms with Crippen LogP contribution in [0.25, 0.3) is 10.9 Å². The van der Waals surface area contributed by atoms with Crippen LogP contribution in [0, 0.1) is 0 Å². The standard InChI is InChI=1S/C20H27N3O2/c1-3-22(4-2)13-14-25-17-10-12-23(15-17)20(24)18-9-5-7-16-8-6-11-21-19(16)18/h5-9,11,17H,3-4,10,12-15H2,1-2H3. The van der Waals surface area contributed by atoms with Gasteiger partial charge in [0, 0.05) is 31.2 Å². The number of fused-ring (bicyclic) bond motifs is 1. The van der Waals surface area contributed by atoms with Crippen LogP contribution >= 0.6 is 0 Å². The molecule has 1 atom stereocenters. The summed E-state index contributed by atoms with van der Waals surface area (Å²) in [6.45, 7) is 9.51. The smallest absolute Gasteiger partial charge is 0.256 e. The molecule has 1 aliphatic heterocycles. The third-order valence-corrected chi connectivity index (χ3v) is 4.95. The summed E-state index contributed by atoms with van der Waals surface area (Å²) in [6, 6.07) is 9.66. The van der Waals surface area contributed by atoms with Crippen molar-refractivity contribution >= 4 is 16.8 Å². The predicted octanol–water partition coefficient (Wildman–Crippen LogP) is 2.81. The number of hydrogen-bond donors (Lipinski definition) is 0. The Morgan fingerprint density at radius 2 is 2.08 bits per heavy atom. The Morgan fingerprint density at radius 3 is 2.88 bits per heavy atom. The van der Waals surface area contributed by atoms with Gasteiger partial charge < -0.3 is 14.5 Å². The van der Waals surface area contributed by atoms with E-state index in [4.69, 9.17) is 4.74 Å². The van der Waals surface area contributed by atoms with Crippen molar-refractivity contribution in [2.75, 3.05) is 39.3 Å². The first kappa shape index (κ1) is 17.8. The minimum Gasteiger partial charge on any atom is -0.375 e. The van der Waals surface area contributed by atoms with Crippen LogP contribution in [0.5, 0.6) is 0 Å². The largest absolute Gasteiger partial charge is 0.375 e. The molecule has 1 aromatic heterocycles. The first-order valence-corrected chi connectivity index (χ1v) is 9.20. The molecule has 3 rings (SSSR count). The fraction of sp³-hybridized carbons (Fsp3) is 0.500. The number of likely N-dealkylation sites (N-methyl/N-ethyl adjacent to an activating group) is 1. The quantitative estimate of drug-likeness (QED) is 0.777. The molecule has 0 saturated carbocycles. The zero-order valence-electron chi connectivity index (χ0n) is 15.1. The Labute approximate surface area is 149 Å². The van der Waals surface area contributed by atoms with Crippen LogP contribution in [0.2, 0.25) is 0 Å². The second-order valence-corrected chi connectivity index (χ2v) is 6.44. The lowest BCUT2D eigenvalue weighted by Crippen LogP contribution is -2.32. The Hall–Kier alpha value is -1.98. The van der Waals surface area contributed by atoms with Crippen molar-refractivity contribution in [3.8, 4) is 0 Å². The number of rotatable bonds is 7. The summed E-state index contributed by atoms with van der Waals surface area (Å²) < 4.78 is 5.99. The van der Waals surface area contributed by atoms with Crippen LogP contribution in [0.3, 0.4) is 0 Å². The van der Waals surface area contributed by atoms with Crippen molar-refractivity contribution in [1.82, 2.24) is 14.8 Å². The van der Waals surface area contributed by atoms with E-state index in [1.807, 2.05) is 35.2 Å². The van der Waals surface area contributed by atoms with Gasteiger partial charge in [0.25, 0.3) is 5.91 Å². The minimum atomic E-state index is 0.0548. The number of aromatic nitrogens is 1. The Morgan fingerprint density at radius 1 is 1.28 bits per heavy atom. The van der Waals surface area contributed by atoms with E-state index in [2.05, 4.69) is 23.7 Å². The molecule has 0 spiro atoms. The lowest BCUT2D eigenvalue weighted by molar-refractivity contribution is 0.0421. The molecule has 0 bridgehead atoms. The summed E-state index contributed by atoms with van der Waals surface area (Å²) >= 11 is 0. The molecule has 0 aliphatic carbocycles. The first-order chi connectivity index (χ1) is 12.2. The molecule has 1 amide bonds. The highest BCUT2D eigenvalue weighted by molar-refractivity contribution is 6.05. The zero-order valence-corrected chi connectivity index (χ0v) is 15.1. The maximum atomic E-state index is 12.9. The molecule has 1 fully saturated rings. The van der Waals surface area contributed by atoms with Crippen molar-refractivity contribution in [2.24, 2.45) is 0 Å². The monoisotopic (exact) mass is 341 g/mol. The molecular formula is C20H27N3O2. The normalized spacial score (nSPS) is 17.6. The van der Waals surface area contributed by atoms with E-state index in [1.165, 1.54) is 0 Å². The highest BCUT2D eigenvalue weighted by Gasteiger charge is 2.28. The third kappa shape index (κ3) is 4.17. The number of benzene rings is 1. The molecule has 1 aliphatic rings. The van der Waals surface area contributed by atoms with Gasteiger partial charge in [0.15, 0.2) is 0 Å².